The zero-order valence-electron chi connectivity index (χ0n) is 13.3. The van der Waals surface area contributed by atoms with Crippen LogP contribution in [0.3, 0.4) is 0 Å². The molecule has 0 aromatic heterocycles. The van der Waals surface area contributed by atoms with Gasteiger partial charge in [-0.1, -0.05) is 33.6 Å². The van der Waals surface area contributed by atoms with Crippen molar-refractivity contribution >= 4 is 0 Å². The average Bonchev–Trinajstić information content (AvgIpc) is 2.34. The first kappa shape index (κ1) is 15.3. The third-order valence-electron chi connectivity index (χ3n) is 5.02. The number of hydrogen-bond acceptors (Lipinski definition) is 2. The van der Waals surface area contributed by atoms with E-state index in [1.807, 2.05) is 0 Å². The lowest BCUT2D eigenvalue weighted by Crippen LogP contribution is -2.48. The van der Waals surface area contributed by atoms with Crippen LogP contribution in [0.2, 0.25) is 0 Å². The molecule has 1 heterocycles. The molecule has 2 aliphatic rings. The number of likely N-dealkylation sites (tertiary alicyclic amines) is 1. The van der Waals surface area contributed by atoms with Crippen molar-refractivity contribution in [3.8, 4) is 0 Å². The Labute approximate surface area is 120 Å². The minimum absolute atomic E-state index is 0.370. The van der Waals surface area contributed by atoms with E-state index >= 15 is 0 Å². The predicted molar refractivity (Wildman–Crippen MR) is 83.2 cm³/mol. The van der Waals surface area contributed by atoms with E-state index in [0.717, 1.165) is 18.4 Å². The summed E-state index contributed by atoms with van der Waals surface area (Å²) < 4.78 is 0. The summed E-state index contributed by atoms with van der Waals surface area (Å²) in [6, 6.07) is 1.27. The smallest absolute Gasteiger partial charge is 0.0123 e. The lowest BCUT2D eigenvalue weighted by atomic mass is 9.78. The molecule has 0 aromatic rings. The number of fused-ring (bicyclic) bond motifs is 1. The van der Waals surface area contributed by atoms with Gasteiger partial charge in [0, 0.05) is 12.1 Å². The van der Waals surface area contributed by atoms with Crippen molar-refractivity contribution in [2.45, 2.75) is 84.2 Å². The highest BCUT2D eigenvalue weighted by Crippen LogP contribution is 2.35. The number of rotatable bonds is 4. The van der Waals surface area contributed by atoms with Crippen LogP contribution in [0.5, 0.6) is 0 Å². The maximum Gasteiger partial charge on any atom is 0.0123 e. The van der Waals surface area contributed by atoms with E-state index in [4.69, 9.17) is 5.73 Å². The fraction of sp³-hybridized carbons (Fsp3) is 1.00. The molecule has 2 heteroatoms. The first-order chi connectivity index (χ1) is 8.96. The molecule has 0 amide bonds. The summed E-state index contributed by atoms with van der Waals surface area (Å²) in [6.07, 6.45) is 11.1. The third-order valence-corrected chi connectivity index (χ3v) is 5.02. The maximum absolute atomic E-state index is 6.32. The van der Waals surface area contributed by atoms with E-state index in [1.165, 1.54) is 58.0 Å². The topological polar surface area (TPSA) is 29.3 Å². The maximum atomic E-state index is 6.32. The van der Waals surface area contributed by atoms with Gasteiger partial charge in [0.15, 0.2) is 0 Å². The summed E-state index contributed by atoms with van der Waals surface area (Å²) in [5, 5.41) is 0. The molecule has 3 atom stereocenters. The number of nitrogens with zero attached hydrogens (tertiary/aromatic N) is 1. The van der Waals surface area contributed by atoms with E-state index in [1.54, 1.807) is 0 Å². The van der Waals surface area contributed by atoms with Gasteiger partial charge in [-0.3, -0.25) is 0 Å². The van der Waals surface area contributed by atoms with Crippen LogP contribution in [0.25, 0.3) is 0 Å². The largest absolute Gasteiger partial charge is 0.328 e. The zero-order valence-corrected chi connectivity index (χ0v) is 13.3. The molecule has 0 aromatic carbocycles. The van der Waals surface area contributed by atoms with Crippen LogP contribution in [0.15, 0.2) is 0 Å². The Morgan fingerprint density at radius 1 is 1.11 bits per heavy atom. The third kappa shape index (κ3) is 4.75. The molecule has 1 aliphatic carbocycles. The van der Waals surface area contributed by atoms with Crippen molar-refractivity contribution in [3.63, 3.8) is 0 Å². The van der Waals surface area contributed by atoms with Crippen molar-refractivity contribution in [3.05, 3.63) is 0 Å². The highest BCUT2D eigenvalue weighted by atomic mass is 15.2. The second kappa shape index (κ2) is 6.58. The number of nitrogens with two attached hydrogens (primary N) is 1. The summed E-state index contributed by atoms with van der Waals surface area (Å²) in [5.74, 6) is 1.00. The van der Waals surface area contributed by atoms with Crippen molar-refractivity contribution in [1.82, 2.24) is 4.90 Å². The van der Waals surface area contributed by atoms with E-state index in [9.17, 15) is 0 Å². The van der Waals surface area contributed by atoms with Crippen LogP contribution in [-0.2, 0) is 0 Å². The Bertz CT molecular complexity index is 267. The monoisotopic (exact) mass is 266 g/mol. The Hall–Kier alpha value is -0.0800. The Kier molecular flexibility index (Phi) is 5.30. The minimum atomic E-state index is 0.370. The van der Waals surface area contributed by atoms with Gasteiger partial charge < -0.3 is 10.6 Å². The molecular formula is C17H34N2. The second-order valence-electron chi connectivity index (χ2n) is 8.10. The molecule has 0 bridgehead atoms. The molecule has 1 saturated carbocycles. The van der Waals surface area contributed by atoms with Gasteiger partial charge in [0.2, 0.25) is 0 Å². The lowest BCUT2D eigenvalue weighted by molar-refractivity contribution is 0.0576. The SMILES string of the molecule is CC(C)(C)CC(N)CCN1CCC[C@H]2CCCC[C@H]21. The van der Waals surface area contributed by atoms with Crippen LogP contribution >= 0.6 is 0 Å². The molecule has 2 N–H and O–H groups in total. The molecule has 1 unspecified atom stereocenters. The molecule has 112 valence electrons. The Morgan fingerprint density at radius 2 is 1.79 bits per heavy atom. The predicted octanol–water partition coefficient (Wildman–Crippen LogP) is 3.79. The van der Waals surface area contributed by atoms with Crippen molar-refractivity contribution in [1.29, 1.82) is 0 Å². The van der Waals surface area contributed by atoms with Gasteiger partial charge in [0.05, 0.1) is 0 Å². The van der Waals surface area contributed by atoms with Crippen LogP contribution in [-0.4, -0.2) is 30.1 Å². The van der Waals surface area contributed by atoms with Gasteiger partial charge in [-0.15, -0.1) is 0 Å². The first-order valence-corrected chi connectivity index (χ1v) is 8.45. The van der Waals surface area contributed by atoms with Gasteiger partial charge >= 0.3 is 0 Å². The van der Waals surface area contributed by atoms with Crippen LogP contribution in [0, 0.1) is 11.3 Å². The van der Waals surface area contributed by atoms with Crippen LogP contribution in [0.1, 0.15) is 72.1 Å². The highest BCUT2D eigenvalue weighted by Gasteiger charge is 2.32. The molecule has 1 aliphatic heterocycles. The average molecular weight is 266 g/mol. The fourth-order valence-corrected chi connectivity index (χ4v) is 4.23. The summed E-state index contributed by atoms with van der Waals surface area (Å²) in [5.41, 5.74) is 6.69. The molecular weight excluding hydrogens is 232 g/mol. The number of hydrogen-bond donors (Lipinski definition) is 1. The van der Waals surface area contributed by atoms with E-state index in [-0.39, 0.29) is 0 Å². The van der Waals surface area contributed by atoms with Crippen LogP contribution < -0.4 is 5.73 Å². The quantitative estimate of drug-likeness (QED) is 0.838. The standard InChI is InChI=1S/C17H34N2/c1-17(2,3)13-15(18)10-12-19-11-6-8-14-7-4-5-9-16(14)19/h14-16H,4-13,18H2,1-3H3/t14-,15?,16-/m1/s1. The Balaban J connectivity index is 1.78. The van der Waals surface area contributed by atoms with E-state index in [2.05, 4.69) is 25.7 Å². The molecule has 19 heavy (non-hydrogen) atoms. The summed E-state index contributed by atoms with van der Waals surface area (Å²) in [4.78, 5) is 2.77. The highest BCUT2D eigenvalue weighted by molar-refractivity contribution is 4.87. The van der Waals surface area contributed by atoms with Gasteiger partial charge in [0.1, 0.15) is 0 Å². The van der Waals surface area contributed by atoms with Crippen LogP contribution in [0.4, 0.5) is 0 Å². The zero-order chi connectivity index (χ0) is 13.9. The first-order valence-electron chi connectivity index (χ1n) is 8.45. The van der Waals surface area contributed by atoms with Gasteiger partial charge in [0.25, 0.3) is 0 Å². The van der Waals surface area contributed by atoms with E-state index < -0.39 is 0 Å². The van der Waals surface area contributed by atoms with E-state index in [0.29, 0.717) is 11.5 Å². The minimum Gasteiger partial charge on any atom is -0.328 e. The van der Waals surface area contributed by atoms with Gasteiger partial charge in [-0.05, 0) is 62.9 Å². The summed E-state index contributed by atoms with van der Waals surface area (Å²) >= 11 is 0. The fourth-order valence-electron chi connectivity index (χ4n) is 4.23. The van der Waals surface area contributed by atoms with Crippen molar-refractivity contribution < 1.29 is 0 Å². The molecule has 0 radical (unpaired) electrons. The molecule has 0 spiro atoms. The molecule has 2 rings (SSSR count). The number of piperidine rings is 1. The summed E-state index contributed by atoms with van der Waals surface area (Å²) in [6.45, 7) is 9.45. The van der Waals surface area contributed by atoms with Gasteiger partial charge in [-0.25, -0.2) is 0 Å². The van der Waals surface area contributed by atoms with Gasteiger partial charge in [-0.2, -0.15) is 0 Å². The second-order valence-corrected chi connectivity index (χ2v) is 8.10. The Morgan fingerprint density at radius 3 is 2.53 bits per heavy atom. The molecule has 2 nitrogen and oxygen atoms in total. The summed E-state index contributed by atoms with van der Waals surface area (Å²) in [7, 11) is 0. The van der Waals surface area contributed by atoms with Crippen molar-refractivity contribution in [2.24, 2.45) is 17.1 Å². The normalized spacial score (nSPS) is 30.9. The molecule has 1 saturated heterocycles. The van der Waals surface area contributed by atoms with Crippen molar-refractivity contribution in [2.75, 3.05) is 13.1 Å². The molecule has 2 fully saturated rings. The lowest BCUT2D eigenvalue weighted by Gasteiger charge is -2.44.